The molecule has 48 heavy (non-hydrogen) atoms. The molecule has 2 aliphatic heterocycles. The predicted octanol–water partition coefficient (Wildman–Crippen LogP) is 10.0. The van der Waals surface area contributed by atoms with Crippen LogP contribution in [0, 0.1) is 13.8 Å². The minimum absolute atomic E-state index is 0.101. The van der Waals surface area contributed by atoms with Crippen LogP contribution in [0.25, 0.3) is 0 Å². The summed E-state index contributed by atoms with van der Waals surface area (Å²) in [5, 5.41) is 0. The molecule has 0 saturated heterocycles. The molecule has 230 valence electrons. The van der Waals surface area contributed by atoms with E-state index in [4.69, 9.17) is 4.74 Å². The van der Waals surface area contributed by atoms with E-state index < -0.39 is 10.0 Å². The molecule has 2 nitrogen and oxygen atoms in total. The average Bonchev–Trinajstić information content (AvgIpc) is 3.14. The lowest BCUT2D eigenvalue weighted by Gasteiger charge is -2.48. The summed E-state index contributed by atoms with van der Waals surface area (Å²) in [6, 6.07) is 62.2. The van der Waals surface area contributed by atoms with Crippen LogP contribution in [-0.4, -0.2) is 6.71 Å². The summed E-state index contributed by atoms with van der Waals surface area (Å²) in [5.41, 5.74) is 9.96. The van der Waals surface area contributed by atoms with Crippen molar-refractivity contribution in [1.82, 2.24) is 0 Å². The van der Waals surface area contributed by atoms with Crippen molar-refractivity contribution in [3.05, 3.63) is 181 Å². The third-order valence-electron chi connectivity index (χ3n) is 9.87. The first-order chi connectivity index (χ1) is 23.7. The van der Waals surface area contributed by atoms with Gasteiger partial charge in [-0.15, -0.1) is 10.0 Å². The predicted molar refractivity (Wildman–Crippen MR) is 202 cm³/mol. The van der Waals surface area contributed by atoms with Gasteiger partial charge >= 0.3 is 0 Å². The van der Waals surface area contributed by atoms with E-state index in [0.29, 0.717) is 0 Å². The molecule has 0 unspecified atom stereocenters. The standard InChI is InChI=1S/C44H34BNOS/c1-31-29-33(46-38-23-11-13-25-40(38)47-41-26-14-12-24-39(41)46)30-32(2)44(31)45-36-21-9-15-27-42(36)48(34-17-5-3-6-18-34,35-19-7-4-8-20-35)43-28-16-10-22-37(43)45/h3-30H,1-2H3. The van der Waals surface area contributed by atoms with Crippen LogP contribution in [0.1, 0.15) is 11.1 Å². The number of rotatable bonds is 4. The Kier molecular flexibility index (Phi) is 6.81. The van der Waals surface area contributed by atoms with Gasteiger partial charge in [0.2, 0.25) is 6.71 Å². The van der Waals surface area contributed by atoms with Crippen molar-refractivity contribution in [3.8, 4) is 11.5 Å². The fourth-order valence-corrected chi connectivity index (χ4v) is 12.3. The van der Waals surface area contributed by atoms with Crippen LogP contribution < -0.4 is 26.0 Å². The Morgan fingerprint density at radius 3 is 1.40 bits per heavy atom. The summed E-state index contributed by atoms with van der Waals surface area (Å²) < 4.78 is 6.34. The topological polar surface area (TPSA) is 12.5 Å². The summed E-state index contributed by atoms with van der Waals surface area (Å²) in [7, 11) is -1.75. The van der Waals surface area contributed by atoms with Gasteiger partial charge in [-0.2, -0.15) is 0 Å². The molecule has 9 rings (SSSR count). The van der Waals surface area contributed by atoms with Crippen LogP contribution in [0.5, 0.6) is 11.5 Å². The minimum Gasteiger partial charge on any atom is -0.453 e. The van der Waals surface area contributed by atoms with Gasteiger partial charge in [-0.25, -0.2) is 0 Å². The van der Waals surface area contributed by atoms with Crippen LogP contribution in [0.15, 0.2) is 189 Å². The van der Waals surface area contributed by atoms with Crippen LogP contribution in [-0.2, 0) is 0 Å². The maximum absolute atomic E-state index is 6.34. The van der Waals surface area contributed by atoms with Gasteiger partial charge in [0.1, 0.15) is 0 Å². The molecule has 7 aromatic carbocycles. The average molecular weight is 636 g/mol. The highest BCUT2D eigenvalue weighted by molar-refractivity contribution is 8.34. The zero-order valence-electron chi connectivity index (χ0n) is 27.0. The second kappa shape index (κ2) is 11.4. The molecule has 0 aromatic heterocycles. The summed E-state index contributed by atoms with van der Waals surface area (Å²) in [6.45, 7) is 4.68. The highest BCUT2D eigenvalue weighted by Gasteiger charge is 2.45. The van der Waals surface area contributed by atoms with E-state index in [2.05, 4.69) is 176 Å². The van der Waals surface area contributed by atoms with Gasteiger partial charge in [0.05, 0.1) is 11.4 Å². The van der Waals surface area contributed by atoms with Crippen LogP contribution in [0.2, 0.25) is 0 Å². The minimum atomic E-state index is -1.75. The fraction of sp³-hybridized carbons (Fsp3) is 0.0455. The Morgan fingerprint density at radius 2 is 0.896 bits per heavy atom. The maximum atomic E-state index is 6.34. The van der Waals surface area contributed by atoms with Gasteiger partial charge in [0.25, 0.3) is 0 Å². The maximum Gasteiger partial charge on any atom is 0.244 e. The normalized spacial score (nSPS) is 14.5. The molecule has 0 saturated carbocycles. The number of para-hydroxylation sites is 4. The van der Waals surface area contributed by atoms with E-state index in [9.17, 15) is 0 Å². The van der Waals surface area contributed by atoms with E-state index in [0.717, 1.165) is 28.6 Å². The third kappa shape index (κ3) is 4.22. The van der Waals surface area contributed by atoms with E-state index in [1.807, 2.05) is 12.1 Å². The molecule has 0 atom stereocenters. The van der Waals surface area contributed by atoms with E-state index in [-0.39, 0.29) is 6.71 Å². The lowest BCUT2D eigenvalue weighted by Crippen LogP contribution is -2.58. The number of hydrogen-bond donors (Lipinski definition) is 0. The van der Waals surface area contributed by atoms with E-state index >= 15 is 0 Å². The van der Waals surface area contributed by atoms with Crippen LogP contribution in [0.4, 0.5) is 17.1 Å². The molecule has 0 N–H and O–H groups in total. The van der Waals surface area contributed by atoms with Crippen molar-refractivity contribution < 1.29 is 4.74 Å². The zero-order chi connectivity index (χ0) is 32.2. The van der Waals surface area contributed by atoms with Gasteiger partial charge in [0, 0.05) is 15.5 Å². The highest BCUT2D eigenvalue weighted by Crippen LogP contribution is 2.73. The molecule has 0 aliphatic carbocycles. The molecule has 0 bridgehead atoms. The molecule has 0 fully saturated rings. The molecule has 0 radical (unpaired) electrons. The van der Waals surface area contributed by atoms with Crippen molar-refractivity contribution in [1.29, 1.82) is 0 Å². The summed E-state index contributed by atoms with van der Waals surface area (Å²) in [4.78, 5) is 7.92. The quantitative estimate of drug-likeness (QED) is 0.179. The Balaban J connectivity index is 1.28. The number of nitrogens with zero attached hydrogens (tertiary/aromatic N) is 1. The van der Waals surface area contributed by atoms with E-state index in [1.54, 1.807) is 0 Å². The van der Waals surface area contributed by atoms with Gasteiger partial charge in [-0.3, -0.25) is 0 Å². The second-order valence-electron chi connectivity index (χ2n) is 12.6. The fourth-order valence-electron chi connectivity index (χ4n) is 8.00. The van der Waals surface area contributed by atoms with Gasteiger partial charge in [-0.1, -0.05) is 125 Å². The molecule has 0 spiro atoms. The summed E-state index contributed by atoms with van der Waals surface area (Å²) in [5.74, 6) is 1.73. The number of fused-ring (bicyclic) bond motifs is 4. The second-order valence-corrected chi connectivity index (χ2v) is 15.7. The van der Waals surface area contributed by atoms with Crippen molar-refractivity contribution in [2.75, 3.05) is 4.90 Å². The lowest BCUT2D eigenvalue weighted by molar-refractivity contribution is 0.477. The first kappa shape index (κ1) is 28.8. The molecule has 2 heterocycles. The Labute approximate surface area is 284 Å². The third-order valence-corrected chi connectivity index (χ3v) is 13.9. The molecule has 7 aromatic rings. The molecular weight excluding hydrogens is 601 g/mol. The van der Waals surface area contributed by atoms with Gasteiger partial charge in [-0.05, 0) is 96.4 Å². The van der Waals surface area contributed by atoms with Crippen molar-refractivity contribution in [3.63, 3.8) is 0 Å². The highest BCUT2D eigenvalue weighted by atomic mass is 32.3. The SMILES string of the molecule is Cc1cc(N2c3ccccc3Oc3ccccc32)cc(C)c1B1c2ccccc2S(c2ccccc2)(c2ccccc2)c2ccccc21. The lowest BCUT2D eigenvalue weighted by atomic mass is 9.35. The Hall–Kier alpha value is -5.45. The monoisotopic (exact) mass is 635 g/mol. The van der Waals surface area contributed by atoms with Crippen LogP contribution in [0.3, 0.4) is 0 Å². The van der Waals surface area contributed by atoms with Crippen molar-refractivity contribution in [2.24, 2.45) is 0 Å². The van der Waals surface area contributed by atoms with Crippen LogP contribution >= 0.6 is 10.0 Å². The smallest absolute Gasteiger partial charge is 0.244 e. The Bertz CT molecular complexity index is 2160. The first-order valence-corrected chi connectivity index (χ1v) is 18.2. The first-order valence-electron chi connectivity index (χ1n) is 16.5. The largest absolute Gasteiger partial charge is 0.453 e. The van der Waals surface area contributed by atoms with Gasteiger partial charge < -0.3 is 9.64 Å². The summed E-state index contributed by atoms with van der Waals surface area (Å²) in [6.07, 6.45) is 0. The van der Waals surface area contributed by atoms with Gasteiger partial charge in [0.15, 0.2) is 11.5 Å². The number of aryl methyl sites for hydroxylation is 2. The Morgan fingerprint density at radius 1 is 0.479 bits per heavy atom. The molecule has 2 aliphatic rings. The molecule has 4 heteroatoms. The van der Waals surface area contributed by atoms with E-state index in [1.165, 1.54) is 47.1 Å². The number of anilines is 3. The zero-order valence-corrected chi connectivity index (χ0v) is 27.8. The number of ether oxygens (including phenoxy) is 1. The van der Waals surface area contributed by atoms with Crippen molar-refractivity contribution >= 4 is 50.2 Å². The molecular formula is C44H34BNOS. The summed E-state index contributed by atoms with van der Waals surface area (Å²) >= 11 is 0. The molecule has 0 amide bonds. The number of hydrogen-bond acceptors (Lipinski definition) is 2. The van der Waals surface area contributed by atoms with Crippen molar-refractivity contribution in [2.45, 2.75) is 33.4 Å². The number of benzene rings is 7.